The Hall–Kier alpha value is -0.570. The maximum Gasteiger partial charge on any atom is 0.116 e. The van der Waals surface area contributed by atoms with Gasteiger partial charge < -0.3 is 0 Å². The van der Waals surface area contributed by atoms with Crippen LogP contribution in [-0.2, 0) is 5.41 Å². The first-order valence-electron chi connectivity index (χ1n) is 4.99. The standard InChI is InChI=1S/C11H18N2S/c1-5-6-14-10-7-9(11(2,3)4)12-8-13-10/h7-8H,5-6H2,1-4H3. The van der Waals surface area contributed by atoms with Crippen LogP contribution in [0.25, 0.3) is 0 Å². The average molecular weight is 210 g/mol. The molecule has 0 aliphatic rings. The summed E-state index contributed by atoms with van der Waals surface area (Å²) in [6, 6.07) is 2.10. The van der Waals surface area contributed by atoms with E-state index in [0.717, 1.165) is 16.5 Å². The lowest BCUT2D eigenvalue weighted by molar-refractivity contribution is 0.563. The molecule has 0 spiro atoms. The SMILES string of the molecule is CCCSc1cc(C(C)(C)C)ncn1. The molecule has 0 unspecified atom stereocenters. The molecule has 0 aliphatic heterocycles. The fourth-order valence-electron chi connectivity index (χ4n) is 1.04. The van der Waals surface area contributed by atoms with Crippen LogP contribution in [0.4, 0.5) is 0 Å². The first-order valence-corrected chi connectivity index (χ1v) is 5.98. The molecule has 0 aromatic carbocycles. The minimum absolute atomic E-state index is 0.116. The van der Waals surface area contributed by atoms with E-state index >= 15 is 0 Å². The van der Waals surface area contributed by atoms with Gasteiger partial charge in [0.2, 0.25) is 0 Å². The van der Waals surface area contributed by atoms with E-state index in [1.54, 1.807) is 18.1 Å². The van der Waals surface area contributed by atoms with Crippen molar-refractivity contribution in [3.05, 3.63) is 18.1 Å². The molecule has 1 heterocycles. The molecule has 3 heteroatoms. The van der Waals surface area contributed by atoms with Crippen LogP contribution in [0.5, 0.6) is 0 Å². The van der Waals surface area contributed by atoms with Crippen molar-refractivity contribution in [2.45, 2.75) is 44.6 Å². The topological polar surface area (TPSA) is 25.8 Å². The Kier molecular flexibility index (Phi) is 3.93. The first kappa shape index (κ1) is 11.5. The minimum atomic E-state index is 0.116. The summed E-state index contributed by atoms with van der Waals surface area (Å²) in [5, 5.41) is 1.09. The highest BCUT2D eigenvalue weighted by molar-refractivity contribution is 7.99. The Balaban J connectivity index is 2.79. The monoisotopic (exact) mass is 210 g/mol. The Labute approximate surface area is 90.5 Å². The number of rotatable bonds is 3. The summed E-state index contributed by atoms with van der Waals surface area (Å²) in [5.74, 6) is 1.13. The minimum Gasteiger partial charge on any atom is -0.241 e. The van der Waals surface area contributed by atoms with Crippen LogP contribution in [0, 0.1) is 0 Å². The van der Waals surface area contributed by atoms with Crippen molar-refractivity contribution in [3.8, 4) is 0 Å². The highest BCUT2D eigenvalue weighted by Gasteiger charge is 2.15. The first-order chi connectivity index (χ1) is 6.54. The number of nitrogens with zero attached hydrogens (tertiary/aromatic N) is 2. The van der Waals surface area contributed by atoms with Gasteiger partial charge in [-0.1, -0.05) is 27.7 Å². The van der Waals surface area contributed by atoms with Gasteiger partial charge in [-0.3, -0.25) is 0 Å². The second-order valence-corrected chi connectivity index (χ2v) is 5.46. The van der Waals surface area contributed by atoms with Gasteiger partial charge in [0.15, 0.2) is 0 Å². The van der Waals surface area contributed by atoms with Gasteiger partial charge in [0.25, 0.3) is 0 Å². The molecule has 14 heavy (non-hydrogen) atoms. The molecule has 78 valence electrons. The molecule has 1 aromatic rings. The predicted molar refractivity (Wildman–Crippen MR) is 61.7 cm³/mol. The summed E-state index contributed by atoms with van der Waals surface area (Å²) in [4.78, 5) is 8.54. The van der Waals surface area contributed by atoms with Crippen LogP contribution in [0.15, 0.2) is 17.4 Å². The number of thioether (sulfide) groups is 1. The molecule has 0 N–H and O–H groups in total. The summed E-state index contributed by atoms with van der Waals surface area (Å²) in [6.07, 6.45) is 2.85. The Morgan fingerprint density at radius 3 is 2.57 bits per heavy atom. The molecule has 1 rings (SSSR count). The van der Waals surface area contributed by atoms with Crippen LogP contribution in [0.1, 0.15) is 39.8 Å². The van der Waals surface area contributed by atoms with E-state index in [1.165, 1.54) is 6.42 Å². The Morgan fingerprint density at radius 1 is 1.29 bits per heavy atom. The van der Waals surface area contributed by atoms with Gasteiger partial charge in [0.1, 0.15) is 6.33 Å². The lowest BCUT2D eigenvalue weighted by atomic mass is 9.92. The largest absolute Gasteiger partial charge is 0.241 e. The van der Waals surface area contributed by atoms with E-state index < -0.39 is 0 Å². The van der Waals surface area contributed by atoms with E-state index in [-0.39, 0.29) is 5.41 Å². The van der Waals surface area contributed by atoms with Crippen LogP contribution in [0.2, 0.25) is 0 Å². The highest BCUT2D eigenvalue weighted by atomic mass is 32.2. The molecule has 1 aromatic heterocycles. The van der Waals surface area contributed by atoms with Crippen LogP contribution < -0.4 is 0 Å². The molecule has 0 amide bonds. The quantitative estimate of drug-likeness (QED) is 0.565. The molecule has 0 radical (unpaired) electrons. The van der Waals surface area contributed by atoms with Gasteiger partial charge in [-0.25, -0.2) is 9.97 Å². The summed E-state index contributed by atoms with van der Waals surface area (Å²) in [7, 11) is 0. The normalized spacial score (nSPS) is 11.7. The van der Waals surface area contributed by atoms with Gasteiger partial charge in [-0.05, 0) is 18.2 Å². The van der Waals surface area contributed by atoms with Crippen molar-refractivity contribution in [2.24, 2.45) is 0 Å². The molecule has 0 aliphatic carbocycles. The molecule has 0 bridgehead atoms. The van der Waals surface area contributed by atoms with Gasteiger partial charge in [0.05, 0.1) is 10.7 Å². The number of aromatic nitrogens is 2. The number of hydrogen-bond donors (Lipinski definition) is 0. The van der Waals surface area contributed by atoms with Crippen LogP contribution in [-0.4, -0.2) is 15.7 Å². The highest BCUT2D eigenvalue weighted by Crippen LogP contribution is 2.23. The van der Waals surface area contributed by atoms with Crippen molar-refractivity contribution in [1.29, 1.82) is 0 Å². The summed E-state index contributed by atoms with van der Waals surface area (Å²) in [5.41, 5.74) is 1.23. The third-order valence-electron chi connectivity index (χ3n) is 1.86. The molecule has 0 saturated heterocycles. The van der Waals surface area contributed by atoms with Crippen molar-refractivity contribution in [2.75, 3.05) is 5.75 Å². The fourth-order valence-corrected chi connectivity index (χ4v) is 1.77. The van der Waals surface area contributed by atoms with Gasteiger partial charge >= 0.3 is 0 Å². The maximum atomic E-state index is 4.29. The summed E-state index contributed by atoms with van der Waals surface area (Å²) >= 11 is 1.80. The van der Waals surface area contributed by atoms with Crippen molar-refractivity contribution < 1.29 is 0 Å². The van der Waals surface area contributed by atoms with Crippen molar-refractivity contribution >= 4 is 11.8 Å². The molecule has 0 atom stereocenters. The third-order valence-corrected chi connectivity index (χ3v) is 3.00. The van der Waals surface area contributed by atoms with Crippen molar-refractivity contribution in [3.63, 3.8) is 0 Å². The lowest BCUT2D eigenvalue weighted by Crippen LogP contribution is -2.13. The van der Waals surface area contributed by atoms with E-state index in [2.05, 4.69) is 43.7 Å². The second-order valence-electron chi connectivity index (χ2n) is 4.34. The summed E-state index contributed by atoms with van der Waals surface area (Å²) in [6.45, 7) is 8.69. The zero-order valence-electron chi connectivity index (χ0n) is 9.37. The maximum absolute atomic E-state index is 4.29. The smallest absolute Gasteiger partial charge is 0.116 e. The van der Waals surface area contributed by atoms with E-state index in [4.69, 9.17) is 0 Å². The molecule has 0 fully saturated rings. The molecular formula is C11H18N2S. The zero-order valence-corrected chi connectivity index (χ0v) is 10.2. The van der Waals surface area contributed by atoms with Gasteiger partial charge in [-0.2, -0.15) is 0 Å². The molecule has 2 nitrogen and oxygen atoms in total. The fraction of sp³-hybridized carbons (Fsp3) is 0.636. The average Bonchev–Trinajstić information content (AvgIpc) is 2.14. The van der Waals surface area contributed by atoms with Gasteiger partial charge in [-0.15, -0.1) is 11.8 Å². The van der Waals surface area contributed by atoms with Crippen molar-refractivity contribution in [1.82, 2.24) is 9.97 Å². The van der Waals surface area contributed by atoms with E-state index in [1.807, 2.05) is 0 Å². The molecular weight excluding hydrogens is 192 g/mol. The summed E-state index contributed by atoms with van der Waals surface area (Å²) < 4.78 is 0. The lowest BCUT2D eigenvalue weighted by Gasteiger charge is -2.17. The zero-order chi connectivity index (χ0) is 10.6. The number of hydrogen-bond acceptors (Lipinski definition) is 3. The van der Waals surface area contributed by atoms with Crippen LogP contribution >= 0.6 is 11.8 Å². The Bertz CT molecular complexity index is 292. The van der Waals surface area contributed by atoms with E-state index in [9.17, 15) is 0 Å². The Morgan fingerprint density at radius 2 is 2.00 bits per heavy atom. The van der Waals surface area contributed by atoms with Crippen LogP contribution in [0.3, 0.4) is 0 Å². The van der Waals surface area contributed by atoms with E-state index in [0.29, 0.717) is 0 Å². The molecule has 0 saturated carbocycles. The third kappa shape index (κ3) is 3.29. The second kappa shape index (κ2) is 4.78. The van der Waals surface area contributed by atoms with Gasteiger partial charge in [0, 0.05) is 5.41 Å². The predicted octanol–water partition coefficient (Wildman–Crippen LogP) is 3.28.